The van der Waals surface area contributed by atoms with E-state index in [1.54, 1.807) is 0 Å². The van der Waals surface area contributed by atoms with Gasteiger partial charge in [0.15, 0.2) is 0 Å². The van der Waals surface area contributed by atoms with Crippen LogP contribution in [0.2, 0.25) is 0 Å². The van der Waals surface area contributed by atoms with Gasteiger partial charge < -0.3 is 9.64 Å². The Balaban J connectivity index is 2.32. The average molecular weight is 245 g/mol. The average Bonchev–Trinajstić information content (AvgIpc) is 2.60. The molecular weight excluding hydrogens is 222 g/mol. The van der Waals surface area contributed by atoms with Gasteiger partial charge in [0, 0.05) is 18.3 Å². The van der Waals surface area contributed by atoms with Crippen LogP contribution in [-0.2, 0) is 4.74 Å². The lowest BCUT2D eigenvalue weighted by atomic mass is 10.2. The van der Waals surface area contributed by atoms with Gasteiger partial charge >= 0.3 is 6.09 Å². The van der Waals surface area contributed by atoms with Gasteiger partial charge in [0.1, 0.15) is 5.60 Å². The van der Waals surface area contributed by atoms with E-state index in [4.69, 9.17) is 4.74 Å². The summed E-state index contributed by atoms with van der Waals surface area (Å²) in [5, 5.41) is 0.604. The van der Waals surface area contributed by atoms with Crippen molar-refractivity contribution in [1.29, 1.82) is 0 Å². The number of carbonyl (C=O) groups is 1. The minimum atomic E-state index is -0.383. The Hall–Kier alpha value is -0.380. The van der Waals surface area contributed by atoms with Gasteiger partial charge in [-0.3, -0.25) is 0 Å². The summed E-state index contributed by atoms with van der Waals surface area (Å²) >= 11 is 1.97. The number of carbonyl (C=O) groups excluding carboxylic acids is 1. The summed E-state index contributed by atoms with van der Waals surface area (Å²) < 4.78 is 5.35. The van der Waals surface area contributed by atoms with Crippen LogP contribution in [0.4, 0.5) is 4.79 Å². The van der Waals surface area contributed by atoms with Crippen LogP contribution >= 0.6 is 11.8 Å². The third-order valence-electron chi connectivity index (χ3n) is 2.35. The first-order chi connectivity index (χ1) is 7.42. The van der Waals surface area contributed by atoms with Gasteiger partial charge in [-0.2, -0.15) is 11.8 Å². The van der Waals surface area contributed by atoms with Crippen LogP contribution in [0.5, 0.6) is 0 Å². The zero-order chi connectivity index (χ0) is 12.2. The smallest absolute Gasteiger partial charge is 0.410 e. The lowest BCUT2D eigenvalue weighted by Gasteiger charge is -2.24. The molecule has 1 rings (SSSR count). The predicted molar refractivity (Wildman–Crippen MR) is 69.0 cm³/mol. The van der Waals surface area contributed by atoms with Crippen LogP contribution < -0.4 is 0 Å². The first kappa shape index (κ1) is 13.7. The molecule has 1 aliphatic heterocycles. The summed E-state index contributed by atoms with van der Waals surface area (Å²) in [4.78, 5) is 13.6. The van der Waals surface area contributed by atoms with E-state index >= 15 is 0 Å². The molecule has 1 unspecified atom stereocenters. The highest BCUT2D eigenvalue weighted by Gasteiger charge is 2.29. The van der Waals surface area contributed by atoms with Crippen molar-refractivity contribution < 1.29 is 9.53 Å². The summed E-state index contributed by atoms with van der Waals surface area (Å²) in [5.41, 5.74) is -0.383. The molecular formula is C12H23NO2S. The van der Waals surface area contributed by atoms with Gasteiger partial charge in [0.25, 0.3) is 0 Å². The second kappa shape index (κ2) is 5.80. The van der Waals surface area contributed by atoms with Crippen LogP contribution in [0.15, 0.2) is 0 Å². The fourth-order valence-electron chi connectivity index (χ4n) is 1.64. The SMILES string of the molecule is CCCSC1CCN(C(=O)OC(C)(C)C)C1. The molecule has 0 aromatic carbocycles. The van der Waals surface area contributed by atoms with Crippen LogP contribution in [0.3, 0.4) is 0 Å². The van der Waals surface area contributed by atoms with Gasteiger partial charge in [-0.05, 0) is 39.4 Å². The molecule has 1 saturated heterocycles. The molecule has 0 aromatic rings. The number of nitrogens with zero attached hydrogens (tertiary/aromatic N) is 1. The number of thioether (sulfide) groups is 1. The largest absolute Gasteiger partial charge is 0.444 e. The van der Waals surface area contributed by atoms with E-state index in [2.05, 4.69) is 6.92 Å². The monoisotopic (exact) mass is 245 g/mol. The molecule has 1 atom stereocenters. The van der Waals surface area contributed by atoms with Crippen molar-refractivity contribution in [1.82, 2.24) is 4.90 Å². The van der Waals surface area contributed by atoms with E-state index in [1.165, 1.54) is 12.2 Å². The van der Waals surface area contributed by atoms with E-state index in [9.17, 15) is 4.79 Å². The molecule has 1 aliphatic rings. The Bertz CT molecular complexity index is 238. The topological polar surface area (TPSA) is 29.5 Å². The molecule has 0 spiro atoms. The summed E-state index contributed by atoms with van der Waals surface area (Å²) in [7, 11) is 0. The fourth-order valence-corrected chi connectivity index (χ4v) is 2.77. The minimum absolute atomic E-state index is 0.160. The molecule has 0 radical (unpaired) electrons. The maximum atomic E-state index is 11.8. The molecule has 1 fully saturated rings. The molecule has 4 heteroatoms. The van der Waals surface area contributed by atoms with Crippen molar-refractivity contribution in [3.05, 3.63) is 0 Å². The van der Waals surface area contributed by atoms with Gasteiger partial charge in [0.05, 0.1) is 0 Å². The van der Waals surface area contributed by atoms with Gasteiger partial charge in [-0.15, -0.1) is 0 Å². The van der Waals surface area contributed by atoms with E-state index in [-0.39, 0.29) is 11.7 Å². The van der Waals surface area contributed by atoms with E-state index in [0.29, 0.717) is 5.25 Å². The van der Waals surface area contributed by atoms with Gasteiger partial charge in [0.2, 0.25) is 0 Å². The molecule has 16 heavy (non-hydrogen) atoms. The highest BCUT2D eigenvalue weighted by atomic mass is 32.2. The Morgan fingerprint density at radius 2 is 2.19 bits per heavy atom. The second-order valence-corrected chi connectivity index (χ2v) is 6.62. The zero-order valence-corrected chi connectivity index (χ0v) is 11.6. The Morgan fingerprint density at radius 3 is 2.75 bits per heavy atom. The molecule has 3 nitrogen and oxygen atoms in total. The van der Waals surface area contributed by atoms with Crippen LogP contribution in [0.1, 0.15) is 40.5 Å². The van der Waals surface area contributed by atoms with Crippen LogP contribution in [0, 0.1) is 0 Å². The maximum absolute atomic E-state index is 11.8. The lowest BCUT2D eigenvalue weighted by Crippen LogP contribution is -2.35. The van der Waals surface area contributed by atoms with Crippen molar-refractivity contribution in [2.75, 3.05) is 18.8 Å². The number of rotatable bonds is 3. The maximum Gasteiger partial charge on any atom is 0.410 e. The van der Waals surface area contributed by atoms with Gasteiger partial charge in [-0.25, -0.2) is 4.79 Å². The lowest BCUT2D eigenvalue weighted by molar-refractivity contribution is 0.0295. The molecule has 1 amide bonds. The predicted octanol–water partition coefficient (Wildman–Crippen LogP) is 3.14. The molecule has 0 N–H and O–H groups in total. The minimum Gasteiger partial charge on any atom is -0.444 e. The van der Waals surface area contributed by atoms with Gasteiger partial charge in [-0.1, -0.05) is 6.92 Å². The van der Waals surface area contributed by atoms with Crippen molar-refractivity contribution in [3.8, 4) is 0 Å². The molecule has 0 bridgehead atoms. The number of likely N-dealkylation sites (tertiary alicyclic amines) is 1. The Kier molecular flexibility index (Phi) is 4.96. The van der Waals surface area contributed by atoms with E-state index in [0.717, 1.165) is 19.5 Å². The third kappa shape index (κ3) is 4.64. The van der Waals surface area contributed by atoms with E-state index < -0.39 is 0 Å². The number of hydrogen-bond acceptors (Lipinski definition) is 3. The first-order valence-electron chi connectivity index (χ1n) is 6.02. The highest BCUT2D eigenvalue weighted by molar-refractivity contribution is 7.99. The summed E-state index contributed by atoms with van der Waals surface area (Å²) in [6, 6.07) is 0. The van der Waals surface area contributed by atoms with Crippen molar-refractivity contribution in [2.45, 2.75) is 51.4 Å². The molecule has 1 heterocycles. The number of hydrogen-bond donors (Lipinski definition) is 0. The quantitative estimate of drug-likeness (QED) is 0.765. The normalized spacial score (nSPS) is 21.2. The van der Waals surface area contributed by atoms with Crippen molar-refractivity contribution in [3.63, 3.8) is 0 Å². The van der Waals surface area contributed by atoms with Crippen molar-refractivity contribution in [2.24, 2.45) is 0 Å². The van der Waals surface area contributed by atoms with Crippen LogP contribution in [0.25, 0.3) is 0 Å². The molecule has 0 aromatic heterocycles. The third-order valence-corrected chi connectivity index (χ3v) is 3.85. The first-order valence-corrected chi connectivity index (χ1v) is 7.07. The summed E-state index contributed by atoms with van der Waals surface area (Å²) in [6.07, 6.45) is 2.14. The summed E-state index contributed by atoms with van der Waals surface area (Å²) in [6.45, 7) is 9.60. The van der Waals surface area contributed by atoms with Crippen molar-refractivity contribution >= 4 is 17.9 Å². The second-order valence-electron chi connectivity index (χ2n) is 5.21. The van der Waals surface area contributed by atoms with Crippen LogP contribution in [-0.4, -0.2) is 40.7 Å². The molecule has 0 aliphatic carbocycles. The number of amides is 1. The highest BCUT2D eigenvalue weighted by Crippen LogP contribution is 2.24. The number of ether oxygens (including phenoxy) is 1. The fraction of sp³-hybridized carbons (Fsp3) is 0.917. The standard InChI is InChI=1S/C12H23NO2S/c1-5-8-16-10-6-7-13(9-10)11(14)15-12(2,3)4/h10H,5-9H2,1-4H3. The van der Waals surface area contributed by atoms with E-state index in [1.807, 2.05) is 37.4 Å². The molecule has 94 valence electrons. The Labute approximate surface area is 103 Å². The summed E-state index contributed by atoms with van der Waals surface area (Å²) in [5.74, 6) is 1.19. The zero-order valence-electron chi connectivity index (χ0n) is 10.8. The molecule has 0 saturated carbocycles. The Morgan fingerprint density at radius 1 is 1.50 bits per heavy atom.